The lowest BCUT2D eigenvalue weighted by atomic mass is 10.6. The molecule has 0 atom stereocenters. The van der Waals surface area contributed by atoms with Crippen molar-refractivity contribution < 1.29 is 14.7 Å². The molecule has 0 fully saturated rings. The zero-order valence-corrected chi connectivity index (χ0v) is 5.70. The molecule has 0 aliphatic carbocycles. The van der Waals surface area contributed by atoms with Crippen LogP contribution in [0, 0.1) is 6.07 Å². The molecule has 0 saturated heterocycles. The average Bonchev–Trinajstić information content (AvgIpc) is 1.86. The summed E-state index contributed by atoms with van der Waals surface area (Å²) >= 11 is 0. The van der Waals surface area contributed by atoms with Crippen molar-refractivity contribution in [2.75, 3.05) is 6.54 Å². The maximum absolute atomic E-state index is 10.4. The lowest BCUT2D eigenvalue weighted by Crippen LogP contribution is -2.26. The van der Waals surface area contributed by atoms with Crippen LogP contribution in [0.4, 0.5) is 4.79 Å². The van der Waals surface area contributed by atoms with E-state index in [9.17, 15) is 9.59 Å². The molecule has 0 rings (SSSR count). The number of hydrogen-bond acceptors (Lipinski definition) is 2. The molecular formula is C6H7N2O3+. The summed E-state index contributed by atoms with van der Waals surface area (Å²) in [4.78, 5) is 23.6. The third kappa shape index (κ3) is 6.05. The van der Waals surface area contributed by atoms with Crippen LogP contribution >= 0.6 is 0 Å². The minimum atomic E-state index is -1.42. The monoisotopic (exact) mass is 155 g/mol. The number of carbonyl (C=O) groups is 2. The molecule has 0 saturated carbocycles. The van der Waals surface area contributed by atoms with Gasteiger partial charge in [0.1, 0.15) is 0 Å². The summed E-state index contributed by atoms with van der Waals surface area (Å²) in [6, 6.07) is 1.94. The van der Waals surface area contributed by atoms with Gasteiger partial charge in [0.15, 0.2) is 0 Å². The van der Waals surface area contributed by atoms with Crippen LogP contribution in [0.5, 0.6) is 0 Å². The Morgan fingerprint density at radius 3 is 2.82 bits per heavy atom. The highest BCUT2D eigenvalue weighted by atomic mass is 16.4. The highest BCUT2D eigenvalue weighted by Crippen LogP contribution is 1.70. The fourth-order valence-corrected chi connectivity index (χ4v) is 0.307. The van der Waals surface area contributed by atoms with E-state index in [1.165, 1.54) is 6.08 Å². The van der Waals surface area contributed by atoms with Gasteiger partial charge in [0.25, 0.3) is 6.54 Å². The van der Waals surface area contributed by atoms with E-state index in [1.54, 1.807) is 5.32 Å². The SMILES string of the molecule is C=CC[N+]#CC(=O)NC(=O)O. The summed E-state index contributed by atoms with van der Waals surface area (Å²) in [7, 11) is 0. The molecule has 11 heavy (non-hydrogen) atoms. The van der Waals surface area contributed by atoms with Gasteiger partial charge in [-0.15, -0.1) is 0 Å². The number of nitrogens with zero attached hydrogens (tertiary/aromatic N) is 1. The van der Waals surface area contributed by atoms with E-state index < -0.39 is 12.0 Å². The van der Waals surface area contributed by atoms with Crippen molar-refractivity contribution in [2.45, 2.75) is 0 Å². The Morgan fingerprint density at radius 1 is 1.73 bits per heavy atom. The zero-order valence-electron chi connectivity index (χ0n) is 5.70. The standard InChI is InChI=1S/C6H6N2O3/c1-2-3-7-4-5(9)8-6(10)11/h2H,1,3H2,(H-,8,9,10,11)/p+1. The second-order valence-corrected chi connectivity index (χ2v) is 1.50. The van der Waals surface area contributed by atoms with Crippen molar-refractivity contribution >= 4 is 12.0 Å². The van der Waals surface area contributed by atoms with E-state index in [1.807, 2.05) is 6.07 Å². The van der Waals surface area contributed by atoms with Gasteiger partial charge in [0.05, 0.1) is 0 Å². The first-order chi connectivity index (χ1) is 5.16. The number of hydrogen-bond donors (Lipinski definition) is 2. The second-order valence-electron chi connectivity index (χ2n) is 1.50. The lowest BCUT2D eigenvalue weighted by Gasteiger charge is -1.82. The Kier molecular flexibility index (Phi) is 4.16. The quantitative estimate of drug-likeness (QED) is 0.422. The van der Waals surface area contributed by atoms with Crippen LogP contribution < -0.4 is 5.32 Å². The van der Waals surface area contributed by atoms with Crippen LogP contribution in [-0.4, -0.2) is 23.7 Å². The van der Waals surface area contributed by atoms with E-state index in [2.05, 4.69) is 11.4 Å². The van der Waals surface area contributed by atoms with Crippen LogP contribution in [-0.2, 0) is 4.79 Å². The first-order valence-electron chi connectivity index (χ1n) is 2.74. The van der Waals surface area contributed by atoms with Gasteiger partial charge in [-0.25, -0.2) is 10.1 Å². The minimum Gasteiger partial charge on any atom is -0.465 e. The van der Waals surface area contributed by atoms with Crippen LogP contribution in [0.15, 0.2) is 12.7 Å². The van der Waals surface area contributed by atoms with E-state index in [4.69, 9.17) is 5.11 Å². The van der Waals surface area contributed by atoms with Crippen molar-refractivity contribution in [3.8, 4) is 6.07 Å². The molecule has 0 aromatic rings. The fourth-order valence-electron chi connectivity index (χ4n) is 0.307. The minimum absolute atomic E-state index is 0.243. The van der Waals surface area contributed by atoms with Crippen molar-refractivity contribution in [1.29, 1.82) is 0 Å². The second kappa shape index (κ2) is 4.99. The highest BCUT2D eigenvalue weighted by molar-refractivity contribution is 6.01. The van der Waals surface area contributed by atoms with E-state index >= 15 is 0 Å². The summed E-state index contributed by atoms with van der Waals surface area (Å²) in [5.74, 6) is -0.876. The smallest absolute Gasteiger partial charge is 0.412 e. The number of rotatable bonds is 1. The number of carbonyl (C=O) groups excluding carboxylic acids is 1. The van der Waals surface area contributed by atoms with E-state index in [0.717, 1.165) is 0 Å². The predicted octanol–water partition coefficient (Wildman–Crippen LogP) is 0.299. The maximum Gasteiger partial charge on any atom is 0.412 e. The van der Waals surface area contributed by atoms with Crippen LogP contribution in [0.25, 0.3) is 4.85 Å². The van der Waals surface area contributed by atoms with Crippen molar-refractivity contribution in [3.63, 3.8) is 0 Å². The molecule has 5 heteroatoms. The summed E-state index contributed by atoms with van der Waals surface area (Å²) in [5, 5.41) is 9.55. The Labute approximate surface area is 63.1 Å². The Morgan fingerprint density at radius 2 is 2.36 bits per heavy atom. The summed E-state index contributed by atoms with van der Waals surface area (Å²) in [6.07, 6.45) is 0.0393. The van der Waals surface area contributed by atoms with Crippen LogP contribution in [0.1, 0.15) is 0 Å². The maximum atomic E-state index is 10.4. The van der Waals surface area contributed by atoms with E-state index in [0.29, 0.717) is 0 Å². The Balaban J connectivity index is 3.80. The summed E-state index contributed by atoms with van der Waals surface area (Å²) in [6.45, 7) is 3.58. The van der Waals surface area contributed by atoms with Gasteiger partial charge in [-0.1, -0.05) is 11.4 Å². The van der Waals surface area contributed by atoms with Gasteiger partial charge in [-0.3, -0.25) is 4.79 Å². The molecule has 58 valence electrons. The van der Waals surface area contributed by atoms with Gasteiger partial charge in [-0.2, -0.15) is 0 Å². The average molecular weight is 155 g/mol. The molecule has 2 amide bonds. The zero-order chi connectivity index (χ0) is 8.69. The Hall–Kier alpha value is -1.83. The first kappa shape index (κ1) is 9.17. The van der Waals surface area contributed by atoms with Gasteiger partial charge in [0.2, 0.25) is 0 Å². The molecule has 0 heterocycles. The normalized spacial score (nSPS) is 7.27. The van der Waals surface area contributed by atoms with Crippen LogP contribution in [0.3, 0.4) is 0 Å². The van der Waals surface area contributed by atoms with Gasteiger partial charge >= 0.3 is 18.1 Å². The van der Waals surface area contributed by atoms with Crippen LogP contribution in [0.2, 0.25) is 0 Å². The fraction of sp³-hybridized carbons (Fsp3) is 0.167. The molecule has 0 unspecified atom stereocenters. The van der Waals surface area contributed by atoms with Gasteiger partial charge in [0, 0.05) is 0 Å². The molecule has 0 radical (unpaired) electrons. The summed E-state index contributed by atoms with van der Waals surface area (Å²) < 4.78 is 0. The molecule has 0 aromatic heterocycles. The number of imide groups is 1. The molecule has 0 spiro atoms. The van der Waals surface area contributed by atoms with Crippen molar-refractivity contribution in [1.82, 2.24) is 5.32 Å². The van der Waals surface area contributed by atoms with Gasteiger partial charge < -0.3 is 5.11 Å². The third-order valence-electron chi connectivity index (χ3n) is 0.621. The molecule has 0 bridgehead atoms. The number of nitrogens with one attached hydrogen (secondary N) is 1. The van der Waals surface area contributed by atoms with Crippen molar-refractivity contribution in [3.05, 3.63) is 17.5 Å². The summed E-state index contributed by atoms with van der Waals surface area (Å²) in [5.41, 5.74) is 0. The topological polar surface area (TPSA) is 70.8 Å². The number of amides is 2. The molecular weight excluding hydrogens is 148 g/mol. The lowest BCUT2D eigenvalue weighted by molar-refractivity contribution is -0.114. The highest BCUT2D eigenvalue weighted by Gasteiger charge is 2.06. The number of carboxylic acid groups (broad SMARTS) is 1. The first-order valence-corrected chi connectivity index (χ1v) is 2.74. The van der Waals surface area contributed by atoms with E-state index in [-0.39, 0.29) is 6.54 Å². The molecule has 0 aliphatic rings. The molecule has 0 aromatic carbocycles. The largest absolute Gasteiger partial charge is 0.465 e. The molecule has 5 nitrogen and oxygen atoms in total. The predicted molar refractivity (Wildman–Crippen MR) is 38.5 cm³/mol. The molecule has 2 N–H and O–H groups in total. The third-order valence-corrected chi connectivity index (χ3v) is 0.621. The van der Waals surface area contributed by atoms with Gasteiger partial charge in [-0.05, 0) is 6.08 Å². The van der Waals surface area contributed by atoms with Crippen molar-refractivity contribution in [2.24, 2.45) is 0 Å². The Bertz CT molecular complexity index is 236. The molecule has 0 aliphatic heterocycles.